The third kappa shape index (κ3) is 44.2. The van der Waals surface area contributed by atoms with Crippen LogP contribution in [0.1, 0.15) is 230 Å². The van der Waals surface area contributed by atoms with Crippen molar-refractivity contribution in [3.05, 3.63) is 89.5 Å². The normalized spacial score (nSPS) is 19.1. The molecular formula is C96H149N27O21. The van der Waals surface area contributed by atoms with Crippen LogP contribution in [-0.4, -0.2) is 303 Å². The van der Waals surface area contributed by atoms with Gasteiger partial charge in [0.1, 0.15) is 90.7 Å². The number of aliphatic hydroxyl groups excluding tert-OH is 3. The smallest absolute Gasteiger partial charge is 0.246 e. The molecule has 48 heteroatoms. The van der Waals surface area contributed by atoms with E-state index in [1.807, 2.05) is 12.1 Å². The molecule has 29 N–H and O–H groups in total. The Balaban J connectivity index is 0.985. The number of nitrogens with zero attached hydrogens (tertiary/aromatic N) is 5. The Kier molecular flexibility index (Phi) is 53.0. The minimum atomic E-state index is -1.93. The van der Waals surface area contributed by atoms with E-state index in [9.17, 15) is 72.9 Å². The molecule has 0 unspecified atom stereocenters. The number of amides is 15. The Morgan fingerprint density at radius 2 is 1.13 bits per heavy atom. The lowest BCUT2D eigenvalue weighted by Crippen LogP contribution is -2.61. The van der Waals surface area contributed by atoms with Crippen molar-refractivity contribution in [2.75, 3.05) is 65.8 Å². The number of carbonyl (C=O) groups is 16. The fraction of sp³-hybridized carbons (Fsp3) is 0.625. The van der Waals surface area contributed by atoms with E-state index in [1.54, 1.807) is 68.6 Å². The van der Waals surface area contributed by atoms with Crippen LogP contribution in [0.3, 0.4) is 0 Å². The topological polar surface area (TPSA) is 758 Å². The molecule has 0 radical (unpaired) electrons. The summed E-state index contributed by atoms with van der Waals surface area (Å²) in [6.07, 6.45) is 17.1. The summed E-state index contributed by atoms with van der Waals surface area (Å²) < 4.78 is 11.0. The van der Waals surface area contributed by atoms with Gasteiger partial charge in [-0.3, -0.25) is 92.5 Å². The van der Waals surface area contributed by atoms with Crippen LogP contribution >= 0.6 is 0 Å². The van der Waals surface area contributed by atoms with Gasteiger partial charge in [0.25, 0.3) is 0 Å². The van der Waals surface area contributed by atoms with Gasteiger partial charge in [-0.25, -0.2) is 5.10 Å². The van der Waals surface area contributed by atoms with Gasteiger partial charge in [0.05, 0.1) is 39.1 Å². The van der Waals surface area contributed by atoms with Gasteiger partial charge in [0.15, 0.2) is 11.9 Å². The molecule has 2 aromatic carbocycles. The highest BCUT2D eigenvalue weighted by molar-refractivity contribution is 6.01. The highest BCUT2D eigenvalue weighted by atomic mass is 16.5. The predicted molar refractivity (Wildman–Crippen MR) is 529 cm³/mol. The average Bonchev–Trinajstić information content (AvgIpc) is 1.66. The van der Waals surface area contributed by atoms with Crippen LogP contribution in [0.25, 0.3) is 10.9 Å². The lowest BCUT2D eigenvalue weighted by Gasteiger charge is -2.31. The summed E-state index contributed by atoms with van der Waals surface area (Å²) in [6, 6.07) is -3.64. The number of aromatic nitrogens is 5. The third-order valence-corrected chi connectivity index (χ3v) is 24.6. The number of aryl methyl sites for hydroxylation is 1. The van der Waals surface area contributed by atoms with Crippen molar-refractivity contribution in [1.82, 2.24) is 105 Å². The maximum absolute atomic E-state index is 15.4. The molecule has 0 bridgehead atoms. The van der Waals surface area contributed by atoms with Gasteiger partial charge in [-0.1, -0.05) is 152 Å². The molecule has 794 valence electrons. The summed E-state index contributed by atoms with van der Waals surface area (Å²) in [5, 5.41) is 99.5. The number of nitrogens with one attached hydrogen (secondary N) is 18. The summed E-state index contributed by atoms with van der Waals surface area (Å²) in [5.74, 6) is -14.7. The van der Waals surface area contributed by atoms with Gasteiger partial charge in [0.2, 0.25) is 88.6 Å². The SMILES string of the molecule is CC(C)C[C@@H](NC(=O)[C@H](CO)NC(=O)[C@H](CC1=CCC=N1)NC(=O)[C@H](CO)NC(=O)[C@H](CCCNC(=N)N)NC(=O)[C@H](CCC(N)=O)NC(=O)COCCOCCNC(=O)CCCCCCCCCCCCCCCc1nnn[nH]1)C(=O)N[C@H]1CCC(=O)CCCCC[C@@H](C(N)=O)NC(=O)[C@H](Cc2c[nH]c3ccccc23)NC(=O)[C@H](CCCNC(=N)N)NC(=O)[C@@H](Cc2ccccc2)NC(=O)[C@@H]2C[C@@H](O)CN2C1=O. The van der Waals surface area contributed by atoms with E-state index < -0.39 is 231 Å². The maximum atomic E-state index is 15.4. The lowest BCUT2D eigenvalue weighted by atomic mass is 9.99. The summed E-state index contributed by atoms with van der Waals surface area (Å²) in [6.45, 7) is 0.353. The number of unbranched alkanes of at least 4 members (excludes halogenated alkanes) is 12. The summed E-state index contributed by atoms with van der Waals surface area (Å²) in [7, 11) is 0. The summed E-state index contributed by atoms with van der Waals surface area (Å²) in [5.41, 5.74) is 24.5. The van der Waals surface area contributed by atoms with Crippen molar-refractivity contribution in [3.8, 4) is 0 Å². The van der Waals surface area contributed by atoms with Crippen LogP contribution in [0, 0.1) is 16.7 Å². The average molecular weight is 2020 g/mol. The number of rotatable bonds is 59. The number of tetrazole rings is 1. The van der Waals surface area contributed by atoms with E-state index in [0.29, 0.717) is 30.4 Å². The van der Waals surface area contributed by atoms with Gasteiger partial charge in [-0.05, 0) is 104 Å². The Morgan fingerprint density at radius 3 is 1.76 bits per heavy atom. The van der Waals surface area contributed by atoms with Crippen molar-refractivity contribution in [2.24, 2.45) is 33.8 Å². The number of guanidine groups is 2. The van der Waals surface area contributed by atoms with Crippen molar-refractivity contribution >= 4 is 123 Å². The van der Waals surface area contributed by atoms with Gasteiger partial charge in [-0.2, -0.15) is 0 Å². The minimum Gasteiger partial charge on any atom is -0.394 e. The molecule has 0 saturated carbocycles. The number of fused-ring (bicyclic) bond motifs is 2. The highest BCUT2D eigenvalue weighted by Gasteiger charge is 2.45. The van der Waals surface area contributed by atoms with Crippen LogP contribution in [-0.2, 0) is 105 Å². The van der Waals surface area contributed by atoms with Crippen molar-refractivity contribution in [2.45, 2.75) is 311 Å². The Hall–Kier alpha value is -13.5. The molecule has 3 aliphatic rings. The van der Waals surface area contributed by atoms with Crippen molar-refractivity contribution < 1.29 is 102 Å². The van der Waals surface area contributed by atoms with Gasteiger partial charge >= 0.3 is 0 Å². The van der Waals surface area contributed by atoms with E-state index in [-0.39, 0.29) is 140 Å². The van der Waals surface area contributed by atoms with Crippen molar-refractivity contribution in [1.29, 1.82) is 10.8 Å². The zero-order valence-electron chi connectivity index (χ0n) is 82.4. The van der Waals surface area contributed by atoms with E-state index in [4.69, 9.17) is 43.2 Å². The molecule has 2 saturated heterocycles. The number of H-pyrrole nitrogens is 2. The molecule has 4 aromatic rings. The number of aliphatic hydroxyl groups is 3. The van der Waals surface area contributed by atoms with E-state index >= 15 is 19.2 Å². The van der Waals surface area contributed by atoms with E-state index in [0.717, 1.165) is 60.2 Å². The molecule has 0 spiro atoms. The van der Waals surface area contributed by atoms with Gasteiger partial charge < -0.3 is 132 Å². The number of primary amides is 2. The molecule has 13 atom stereocenters. The number of para-hydroxylation sites is 1. The summed E-state index contributed by atoms with van der Waals surface area (Å²) >= 11 is 0. The first-order valence-electron chi connectivity index (χ1n) is 49.9. The molecule has 0 aliphatic carbocycles. The number of ketones is 1. The Labute approximate surface area is 836 Å². The monoisotopic (exact) mass is 2020 g/mol. The number of aromatic amines is 2. The summed E-state index contributed by atoms with van der Waals surface area (Å²) in [4.78, 5) is 236. The number of Topliss-reactive ketones (excluding diaryl/α,β-unsaturated/α-hetero) is 1. The highest BCUT2D eigenvalue weighted by Crippen LogP contribution is 2.25. The molecule has 48 nitrogen and oxygen atoms in total. The molecule has 3 aliphatic heterocycles. The molecule has 2 fully saturated rings. The molecular weight excluding hydrogens is 1870 g/mol. The first-order chi connectivity index (χ1) is 69.2. The standard InChI is InChI=1S/C96H149N27O21/c1-59(2)49-72(87(135)112-71-39-38-63(126)30-18-15-19-33-67(83(98)131)109-89(137)74(51-61-54-107-66-32-23-22-31-65(61)66)114-84(132)68(34-25-43-105-95(99)100)111-88(136)73(50-60-27-16-14-17-28-60)116-93(141)78-53-64(127)55-123(78)94(71)142)113-91(139)77(57-125)118-90(138)75(52-62-29-24-42-103-62)115-92(140)76(56-124)117-85(133)69(35-26-44-106-96(101)102)110-86(134)70(40-41-79(97)128)108-82(130)58-144-48-47-143-46-45-104-81(129)37-21-13-11-9-7-5-3-4-6-8-10-12-20-36-80-119-121-122-120-80/h14,16-17,22-23,27-29,31-32,42,54,59,64,67-78,107,124-125,127H,3-13,15,18-21,24-26,30,33-41,43-53,55-58H2,1-2H3,(H2,97,128)(H2,98,131)(H,104,129)(H,108,130)(H,109,137)(H,110,134)(H,111,136)(H,112,135)(H,113,139)(H,114,132)(H,115,140)(H,116,141)(H,117,133)(H,118,138)(H4,99,100,105)(H4,101,102,106)(H,119,120,121,122)/t64-,67+,68+,69+,70+,71+,72-,73-,74+,75+,76+,77+,78+/m1/s1. The van der Waals surface area contributed by atoms with Crippen LogP contribution in [0.2, 0.25) is 0 Å². The van der Waals surface area contributed by atoms with Crippen LogP contribution in [0.15, 0.2) is 77.6 Å². The number of benzene rings is 2. The number of ether oxygens (including phenoxy) is 2. The molecule has 2 aromatic heterocycles. The first-order valence-corrected chi connectivity index (χ1v) is 49.9. The minimum absolute atomic E-state index is 0.0107. The first kappa shape index (κ1) is 117. The fourth-order valence-electron chi connectivity index (χ4n) is 16.8. The second kappa shape index (κ2) is 64.9. The predicted octanol–water partition coefficient (Wildman–Crippen LogP) is -2.02. The number of nitrogens with two attached hydrogens (primary N) is 4. The van der Waals surface area contributed by atoms with Gasteiger partial charge in [0, 0.05) is 119 Å². The number of allylic oxidation sites excluding steroid dienone is 1. The number of aliphatic imine (C=N–C) groups is 1. The van der Waals surface area contributed by atoms with Crippen LogP contribution < -0.4 is 97.4 Å². The zero-order chi connectivity index (χ0) is 105. The van der Waals surface area contributed by atoms with Gasteiger partial charge in [-0.15, -0.1) is 5.10 Å². The number of hydrogen-bond donors (Lipinski definition) is 25. The second-order valence-electron chi connectivity index (χ2n) is 36.8. The third-order valence-electron chi connectivity index (χ3n) is 24.6. The van der Waals surface area contributed by atoms with Crippen LogP contribution in [0.4, 0.5) is 0 Å². The molecule has 144 heavy (non-hydrogen) atoms. The van der Waals surface area contributed by atoms with Crippen molar-refractivity contribution in [3.63, 3.8) is 0 Å². The molecule has 5 heterocycles. The fourth-order valence-corrected chi connectivity index (χ4v) is 16.8. The maximum Gasteiger partial charge on any atom is 0.246 e. The number of carbonyl (C=O) groups excluding carboxylic acids is 16. The lowest BCUT2D eigenvalue weighted by molar-refractivity contribution is -0.143. The largest absolute Gasteiger partial charge is 0.394 e. The molecule has 15 amide bonds. The Bertz CT molecular complexity index is 4890. The second-order valence-corrected chi connectivity index (χ2v) is 36.8. The number of hydrogen-bond acceptors (Lipinski definition) is 27. The quantitative estimate of drug-likeness (QED) is 0.0129. The van der Waals surface area contributed by atoms with E-state index in [2.05, 4.69) is 105 Å². The molecule has 7 rings (SSSR count). The van der Waals surface area contributed by atoms with Crippen LogP contribution in [0.5, 0.6) is 0 Å². The Morgan fingerprint density at radius 1 is 0.556 bits per heavy atom. The zero-order valence-corrected chi connectivity index (χ0v) is 82.4. The van der Waals surface area contributed by atoms with E-state index in [1.165, 1.54) is 57.6 Å².